The molecule has 2 heterocycles. The number of fused-ring (bicyclic) bond motifs is 1. The number of hydrogen-bond acceptors (Lipinski definition) is 5. The number of hydrogen-bond donors (Lipinski definition) is 2. The molecule has 0 spiro atoms. The van der Waals surface area contributed by atoms with E-state index in [0.29, 0.717) is 0 Å². The van der Waals surface area contributed by atoms with Crippen molar-refractivity contribution in [1.82, 2.24) is 19.9 Å². The molecular weight excluding hydrogens is 378 g/mol. The van der Waals surface area contributed by atoms with E-state index in [1.807, 2.05) is 24.5 Å². The van der Waals surface area contributed by atoms with Gasteiger partial charge in [0, 0.05) is 32.3 Å². The van der Waals surface area contributed by atoms with Crippen LogP contribution in [-0.2, 0) is 11.2 Å². The average molecular weight is 406 g/mol. The molecule has 1 fully saturated rings. The van der Waals surface area contributed by atoms with Gasteiger partial charge in [0.25, 0.3) is 5.91 Å². The number of imidazole rings is 1. The van der Waals surface area contributed by atoms with Gasteiger partial charge in [0.1, 0.15) is 6.33 Å². The normalized spacial score (nSPS) is 15.2. The van der Waals surface area contributed by atoms with Crippen molar-refractivity contribution in [1.29, 1.82) is 0 Å². The van der Waals surface area contributed by atoms with Gasteiger partial charge in [-0.15, -0.1) is 0 Å². The van der Waals surface area contributed by atoms with Crippen molar-refractivity contribution >= 4 is 28.7 Å². The smallest absolute Gasteiger partial charge is 0.267 e. The fraction of sp³-hybridized carbons (Fsp3) is 0.304. The van der Waals surface area contributed by atoms with Gasteiger partial charge < -0.3 is 9.80 Å². The van der Waals surface area contributed by atoms with Crippen molar-refractivity contribution in [2.45, 2.75) is 13.3 Å². The summed E-state index contributed by atoms with van der Waals surface area (Å²) in [6, 6.07) is 12.5. The Morgan fingerprint density at radius 1 is 1.20 bits per heavy atom. The molecule has 2 aromatic carbocycles. The Balaban J connectivity index is 1.76. The summed E-state index contributed by atoms with van der Waals surface area (Å²) < 4.78 is 2.18. The van der Waals surface area contributed by atoms with Crippen LogP contribution in [0.2, 0.25) is 0 Å². The van der Waals surface area contributed by atoms with Gasteiger partial charge >= 0.3 is 0 Å². The molecule has 1 aromatic heterocycles. The maximum atomic E-state index is 11.2. The SMILES string of the molecule is CCc1cccc(N2CCN(C)CC2)c1-n1cnc2cc(C=CC(=O)NO)ccc21. The van der Waals surface area contributed by atoms with Crippen molar-refractivity contribution in [2.75, 3.05) is 38.1 Å². The number of para-hydroxylation sites is 1. The molecule has 3 aromatic rings. The number of piperazine rings is 1. The Hall–Kier alpha value is -3.16. The van der Waals surface area contributed by atoms with Gasteiger partial charge in [0.05, 0.1) is 22.4 Å². The van der Waals surface area contributed by atoms with Crippen molar-refractivity contribution in [3.63, 3.8) is 0 Å². The van der Waals surface area contributed by atoms with E-state index in [9.17, 15) is 4.79 Å². The van der Waals surface area contributed by atoms with Crippen molar-refractivity contribution < 1.29 is 10.0 Å². The Morgan fingerprint density at radius 3 is 2.73 bits per heavy atom. The molecule has 7 heteroatoms. The topological polar surface area (TPSA) is 73.6 Å². The summed E-state index contributed by atoms with van der Waals surface area (Å²) in [6.45, 7) is 6.30. The highest BCUT2D eigenvalue weighted by molar-refractivity contribution is 5.91. The van der Waals surface area contributed by atoms with E-state index >= 15 is 0 Å². The molecule has 1 saturated heterocycles. The van der Waals surface area contributed by atoms with Crippen LogP contribution in [0, 0.1) is 0 Å². The lowest BCUT2D eigenvalue weighted by atomic mass is 10.1. The lowest BCUT2D eigenvalue weighted by molar-refractivity contribution is -0.124. The van der Waals surface area contributed by atoms with E-state index in [0.717, 1.165) is 49.2 Å². The summed E-state index contributed by atoms with van der Waals surface area (Å²) in [5.74, 6) is -0.561. The molecule has 0 unspecified atom stereocenters. The number of rotatable bonds is 5. The number of nitrogens with one attached hydrogen (secondary N) is 1. The monoisotopic (exact) mass is 405 g/mol. The molecule has 1 aliphatic heterocycles. The Morgan fingerprint density at radius 2 is 2.00 bits per heavy atom. The molecule has 1 aliphatic rings. The van der Waals surface area contributed by atoms with Crippen LogP contribution in [0.1, 0.15) is 18.1 Å². The first-order chi connectivity index (χ1) is 14.6. The fourth-order valence-corrected chi connectivity index (χ4v) is 3.96. The van der Waals surface area contributed by atoms with Crippen molar-refractivity contribution in [2.24, 2.45) is 0 Å². The minimum Gasteiger partial charge on any atom is -0.367 e. The van der Waals surface area contributed by atoms with Crippen LogP contribution < -0.4 is 10.4 Å². The Labute approximate surface area is 176 Å². The lowest BCUT2D eigenvalue weighted by Crippen LogP contribution is -2.44. The highest BCUT2D eigenvalue weighted by atomic mass is 16.5. The standard InChI is InChI=1S/C23H27N5O2/c1-3-18-5-4-6-21(27-13-11-26(2)12-14-27)23(18)28-16-24-19-15-17(7-9-20(19)28)8-10-22(29)25-30/h4-10,15-16,30H,3,11-14H2,1-2H3,(H,25,29). The average Bonchev–Trinajstić information content (AvgIpc) is 3.20. The number of nitrogens with zero attached hydrogens (tertiary/aromatic N) is 4. The fourth-order valence-electron chi connectivity index (χ4n) is 3.96. The number of anilines is 1. The summed E-state index contributed by atoms with van der Waals surface area (Å²) in [4.78, 5) is 20.7. The van der Waals surface area contributed by atoms with E-state index in [2.05, 4.69) is 51.5 Å². The van der Waals surface area contributed by atoms with Gasteiger partial charge in [-0.2, -0.15) is 0 Å². The number of benzene rings is 2. The molecule has 1 amide bonds. The molecule has 2 N–H and O–H groups in total. The van der Waals surface area contributed by atoms with Gasteiger partial charge in [0.2, 0.25) is 0 Å². The van der Waals surface area contributed by atoms with Gasteiger partial charge in [-0.3, -0.25) is 14.6 Å². The molecule has 0 aliphatic carbocycles. The number of carbonyl (C=O) groups excluding carboxylic acids is 1. The van der Waals surface area contributed by atoms with Gasteiger partial charge in [-0.05, 0) is 48.9 Å². The van der Waals surface area contributed by atoms with Crippen molar-refractivity contribution in [3.05, 3.63) is 59.9 Å². The third-order valence-electron chi connectivity index (χ3n) is 5.67. The van der Waals surface area contributed by atoms with Crippen LogP contribution in [0.5, 0.6) is 0 Å². The Bertz CT molecular complexity index is 1080. The number of aryl methyl sites for hydroxylation is 1. The maximum absolute atomic E-state index is 11.2. The summed E-state index contributed by atoms with van der Waals surface area (Å²) in [6.07, 6.45) is 5.76. The number of likely N-dealkylation sites (N-methyl/N-ethyl adjacent to an activating group) is 1. The molecular formula is C23H27N5O2. The third-order valence-corrected chi connectivity index (χ3v) is 5.67. The summed E-state index contributed by atoms with van der Waals surface area (Å²) in [5, 5.41) is 8.64. The molecule has 30 heavy (non-hydrogen) atoms. The minimum absolute atomic E-state index is 0.561. The van der Waals surface area contributed by atoms with E-state index < -0.39 is 5.91 Å². The first-order valence-corrected chi connectivity index (χ1v) is 10.3. The summed E-state index contributed by atoms with van der Waals surface area (Å²) >= 11 is 0. The third kappa shape index (κ3) is 3.94. The second-order valence-electron chi connectivity index (χ2n) is 7.60. The predicted octanol–water partition coefficient (Wildman–Crippen LogP) is 2.86. The molecule has 0 saturated carbocycles. The highest BCUT2D eigenvalue weighted by Crippen LogP contribution is 2.32. The zero-order chi connectivity index (χ0) is 21.1. The van der Waals surface area contributed by atoms with E-state index in [1.54, 1.807) is 11.6 Å². The molecule has 156 valence electrons. The van der Waals surface area contributed by atoms with E-state index in [1.165, 1.54) is 23.0 Å². The van der Waals surface area contributed by atoms with Crippen LogP contribution >= 0.6 is 0 Å². The zero-order valence-electron chi connectivity index (χ0n) is 17.4. The van der Waals surface area contributed by atoms with E-state index in [-0.39, 0.29) is 0 Å². The molecule has 0 bridgehead atoms. The predicted molar refractivity (Wildman–Crippen MR) is 119 cm³/mol. The highest BCUT2D eigenvalue weighted by Gasteiger charge is 2.20. The second kappa shape index (κ2) is 8.69. The summed E-state index contributed by atoms with van der Waals surface area (Å²) in [7, 11) is 2.17. The van der Waals surface area contributed by atoms with E-state index in [4.69, 9.17) is 5.21 Å². The summed E-state index contributed by atoms with van der Waals surface area (Å²) in [5.41, 5.74) is 8.04. The largest absolute Gasteiger partial charge is 0.367 e. The quantitative estimate of drug-likeness (QED) is 0.388. The first kappa shape index (κ1) is 20.1. The first-order valence-electron chi connectivity index (χ1n) is 10.3. The number of amides is 1. The number of aromatic nitrogens is 2. The number of hydroxylamine groups is 1. The molecule has 0 radical (unpaired) electrons. The Kier molecular flexibility index (Phi) is 5.83. The van der Waals surface area contributed by atoms with Gasteiger partial charge in [-0.1, -0.05) is 25.1 Å². The van der Waals surface area contributed by atoms with Gasteiger partial charge in [0.15, 0.2) is 0 Å². The van der Waals surface area contributed by atoms with Crippen LogP contribution in [0.3, 0.4) is 0 Å². The second-order valence-corrected chi connectivity index (χ2v) is 7.60. The van der Waals surface area contributed by atoms with Crippen LogP contribution in [0.25, 0.3) is 22.8 Å². The zero-order valence-corrected chi connectivity index (χ0v) is 17.4. The molecule has 0 atom stereocenters. The maximum Gasteiger partial charge on any atom is 0.267 e. The van der Waals surface area contributed by atoms with Crippen molar-refractivity contribution in [3.8, 4) is 5.69 Å². The van der Waals surface area contributed by atoms with Crippen LogP contribution in [0.15, 0.2) is 48.8 Å². The number of carbonyl (C=O) groups is 1. The minimum atomic E-state index is -0.561. The molecule has 4 rings (SSSR count). The lowest BCUT2D eigenvalue weighted by Gasteiger charge is -2.35. The van der Waals surface area contributed by atoms with Crippen LogP contribution in [0.4, 0.5) is 5.69 Å². The molecule has 7 nitrogen and oxygen atoms in total. The van der Waals surface area contributed by atoms with Crippen LogP contribution in [-0.4, -0.2) is 58.8 Å². The van der Waals surface area contributed by atoms with Gasteiger partial charge in [-0.25, -0.2) is 10.5 Å².